The smallest absolute Gasteiger partial charge is 0.266 e. The molecule has 0 fully saturated rings. The lowest BCUT2D eigenvalue weighted by Crippen LogP contribution is -2.13. The third-order valence-corrected chi connectivity index (χ3v) is 4.55. The van der Waals surface area contributed by atoms with E-state index in [1.807, 2.05) is 13.0 Å². The zero-order chi connectivity index (χ0) is 22.1. The number of carbonyl (C=O) groups excluding carboxylic acids is 1. The molecule has 0 heterocycles. The molecule has 0 atom stereocenters. The number of hydrogen-bond donors (Lipinski definition) is 1. The monoisotopic (exact) mass is 420 g/mol. The van der Waals surface area contributed by atoms with E-state index in [1.54, 1.807) is 36.4 Å². The number of nitriles is 1. The molecule has 0 aliphatic rings. The molecule has 0 bridgehead atoms. The van der Waals surface area contributed by atoms with Crippen LogP contribution in [-0.2, 0) is 11.2 Å². The van der Waals surface area contributed by atoms with Gasteiger partial charge in [-0.1, -0.05) is 29.7 Å². The second-order valence-corrected chi connectivity index (χ2v) is 6.69. The Morgan fingerprint density at radius 2 is 2.13 bits per heavy atom. The van der Waals surface area contributed by atoms with Gasteiger partial charge in [0.05, 0.1) is 7.11 Å². The van der Waals surface area contributed by atoms with Crippen LogP contribution >= 0.6 is 11.6 Å². The van der Waals surface area contributed by atoms with Crippen LogP contribution in [0.15, 0.2) is 48.6 Å². The lowest BCUT2D eigenvalue weighted by atomic mass is 10.0. The van der Waals surface area contributed by atoms with E-state index in [0.29, 0.717) is 34.2 Å². The molecular weight excluding hydrogens is 400 g/mol. The van der Waals surface area contributed by atoms with Crippen LogP contribution in [0.2, 0.25) is 5.02 Å². The maximum Gasteiger partial charge on any atom is 0.266 e. The zero-order valence-electron chi connectivity index (χ0n) is 16.8. The molecule has 0 aliphatic heterocycles. The van der Waals surface area contributed by atoms with Gasteiger partial charge >= 0.3 is 0 Å². The average molecular weight is 421 g/mol. The number of nitrogens with zero attached hydrogens (tertiary/aromatic N) is 1. The SMILES string of the molecule is C#CCOc1c(CC=C)cc(/C=C(/C#N)C(=O)Nc2ccc(C)c(Cl)c2)cc1OC. The van der Waals surface area contributed by atoms with Crippen molar-refractivity contribution in [3.63, 3.8) is 0 Å². The summed E-state index contributed by atoms with van der Waals surface area (Å²) < 4.78 is 11.0. The van der Waals surface area contributed by atoms with Crippen LogP contribution in [0.25, 0.3) is 6.08 Å². The Hall–Kier alpha value is -3.67. The van der Waals surface area contributed by atoms with Crippen molar-refractivity contribution < 1.29 is 14.3 Å². The molecular formula is C24H21ClN2O3. The van der Waals surface area contributed by atoms with Gasteiger partial charge in [-0.25, -0.2) is 0 Å². The van der Waals surface area contributed by atoms with Gasteiger partial charge in [-0.15, -0.1) is 13.0 Å². The van der Waals surface area contributed by atoms with Gasteiger partial charge in [-0.05, 0) is 54.8 Å². The fourth-order valence-corrected chi connectivity index (χ4v) is 2.87. The molecule has 5 nitrogen and oxygen atoms in total. The number of allylic oxidation sites excluding steroid dienone is 1. The minimum atomic E-state index is -0.547. The van der Waals surface area contributed by atoms with Gasteiger partial charge in [0.2, 0.25) is 0 Å². The van der Waals surface area contributed by atoms with Crippen LogP contribution in [0.4, 0.5) is 5.69 Å². The summed E-state index contributed by atoms with van der Waals surface area (Å²) in [6.45, 7) is 5.69. The number of hydrogen-bond acceptors (Lipinski definition) is 4. The van der Waals surface area contributed by atoms with E-state index >= 15 is 0 Å². The molecule has 0 saturated heterocycles. The van der Waals surface area contributed by atoms with Crippen molar-refractivity contribution >= 4 is 29.3 Å². The average Bonchev–Trinajstić information content (AvgIpc) is 2.73. The van der Waals surface area contributed by atoms with E-state index in [2.05, 4.69) is 17.8 Å². The number of terminal acetylenes is 1. The van der Waals surface area contributed by atoms with E-state index in [-0.39, 0.29) is 12.2 Å². The lowest BCUT2D eigenvalue weighted by Gasteiger charge is -2.14. The van der Waals surface area contributed by atoms with Gasteiger partial charge < -0.3 is 14.8 Å². The molecule has 1 amide bonds. The third kappa shape index (κ3) is 5.67. The highest BCUT2D eigenvalue weighted by atomic mass is 35.5. The number of nitrogens with one attached hydrogen (secondary N) is 1. The first-order valence-electron chi connectivity index (χ1n) is 9.00. The van der Waals surface area contributed by atoms with Crippen LogP contribution in [0, 0.1) is 30.6 Å². The maximum atomic E-state index is 12.6. The Kier molecular flexibility index (Phi) is 8.11. The summed E-state index contributed by atoms with van der Waals surface area (Å²) >= 11 is 6.09. The number of halogens is 1. The summed E-state index contributed by atoms with van der Waals surface area (Å²) in [4.78, 5) is 12.6. The summed E-state index contributed by atoms with van der Waals surface area (Å²) in [7, 11) is 1.50. The standard InChI is InChI=1S/C24H21ClN2O3/c1-5-7-18-11-17(13-22(29-4)23(18)30-10-6-2)12-19(15-26)24(28)27-20-9-8-16(3)21(25)14-20/h2,5,8-9,11-14H,1,7,10H2,3-4H3,(H,27,28)/b19-12-. The van der Waals surface area contributed by atoms with Crippen molar-refractivity contribution in [2.24, 2.45) is 0 Å². The Labute approximate surface area is 181 Å². The first-order chi connectivity index (χ1) is 14.4. The number of carbonyl (C=O) groups is 1. The molecule has 0 saturated carbocycles. The molecule has 2 aromatic rings. The predicted octanol–water partition coefficient (Wildman–Crippen LogP) is 4.94. The quantitative estimate of drug-likeness (QED) is 0.284. The summed E-state index contributed by atoms with van der Waals surface area (Å²) in [6, 6.07) is 10.5. The van der Waals surface area contributed by atoms with Crippen LogP contribution in [0.3, 0.4) is 0 Å². The van der Waals surface area contributed by atoms with Crippen LogP contribution in [-0.4, -0.2) is 19.6 Å². The van der Waals surface area contributed by atoms with E-state index in [1.165, 1.54) is 13.2 Å². The number of methoxy groups -OCH3 is 1. The third-order valence-electron chi connectivity index (χ3n) is 4.14. The van der Waals surface area contributed by atoms with Gasteiger partial charge in [-0.2, -0.15) is 5.26 Å². The fraction of sp³-hybridized carbons (Fsp3) is 0.167. The van der Waals surface area contributed by atoms with Gasteiger partial charge in [0, 0.05) is 16.3 Å². The van der Waals surface area contributed by atoms with Crippen molar-refractivity contribution in [2.45, 2.75) is 13.3 Å². The highest BCUT2D eigenvalue weighted by Crippen LogP contribution is 2.34. The molecule has 1 N–H and O–H groups in total. The fourth-order valence-electron chi connectivity index (χ4n) is 2.69. The molecule has 0 aliphatic carbocycles. The Morgan fingerprint density at radius 1 is 1.37 bits per heavy atom. The number of benzene rings is 2. The van der Waals surface area contributed by atoms with Gasteiger partial charge in [-0.3, -0.25) is 4.79 Å². The minimum absolute atomic E-state index is 0.0735. The molecule has 0 radical (unpaired) electrons. The normalized spacial score (nSPS) is 10.5. The van der Waals surface area contributed by atoms with Crippen molar-refractivity contribution in [1.29, 1.82) is 5.26 Å². The molecule has 2 aromatic carbocycles. The molecule has 0 aromatic heterocycles. The predicted molar refractivity (Wildman–Crippen MR) is 120 cm³/mol. The highest BCUT2D eigenvalue weighted by molar-refractivity contribution is 6.31. The number of aryl methyl sites for hydroxylation is 1. The number of ether oxygens (including phenoxy) is 2. The van der Waals surface area contributed by atoms with Crippen LogP contribution in [0.1, 0.15) is 16.7 Å². The molecule has 2 rings (SSSR count). The minimum Gasteiger partial charge on any atom is -0.493 e. The van der Waals surface area contributed by atoms with Crippen molar-refractivity contribution in [1.82, 2.24) is 0 Å². The van der Waals surface area contributed by atoms with E-state index in [4.69, 9.17) is 27.5 Å². The van der Waals surface area contributed by atoms with Crippen molar-refractivity contribution in [3.05, 3.63) is 70.3 Å². The summed E-state index contributed by atoms with van der Waals surface area (Å²) in [5.74, 6) is 2.82. The second-order valence-electron chi connectivity index (χ2n) is 6.28. The van der Waals surface area contributed by atoms with E-state index in [9.17, 15) is 10.1 Å². The van der Waals surface area contributed by atoms with Crippen molar-refractivity contribution in [3.8, 4) is 29.9 Å². The largest absolute Gasteiger partial charge is 0.493 e. The highest BCUT2D eigenvalue weighted by Gasteiger charge is 2.15. The first-order valence-corrected chi connectivity index (χ1v) is 9.38. The molecule has 0 spiro atoms. The molecule has 152 valence electrons. The van der Waals surface area contributed by atoms with Gasteiger partial charge in [0.25, 0.3) is 5.91 Å². The summed E-state index contributed by atoms with van der Waals surface area (Å²) in [6.07, 6.45) is 8.97. The molecule has 6 heteroatoms. The molecule has 30 heavy (non-hydrogen) atoms. The van der Waals surface area contributed by atoms with E-state index in [0.717, 1.165) is 11.1 Å². The maximum absolute atomic E-state index is 12.6. The Bertz CT molecular complexity index is 1080. The first kappa shape index (κ1) is 22.6. The molecule has 0 unspecified atom stereocenters. The van der Waals surface area contributed by atoms with Crippen LogP contribution in [0.5, 0.6) is 11.5 Å². The Morgan fingerprint density at radius 3 is 2.73 bits per heavy atom. The van der Waals surface area contributed by atoms with Crippen molar-refractivity contribution in [2.75, 3.05) is 19.0 Å². The lowest BCUT2D eigenvalue weighted by molar-refractivity contribution is -0.112. The second kappa shape index (κ2) is 10.8. The zero-order valence-corrected chi connectivity index (χ0v) is 17.5. The number of amides is 1. The summed E-state index contributed by atoms with van der Waals surface area (Å²) in [5, 5.41) is 12.7. The topological polar surface area (TPSA) is 71.3 Å². The number of rotatable bonds is 8. The number of anilines is 1. The van der Waals surface area contributed by atoms with Gasteiger partial charge in [0.15, 0.2) is 11.5 Å². The summed E-state index contributed by atoms with van der Waals surface area (Å²) in [5.41, 5.74) is 2.69. The van der Waals surface area contributed by atoms with Gasteiger partial charge in [0.1, 0.15) is 18.2 Å². The van der Waals surface area contributed by atoms with Crippen LogP contribution < -0.4 is 14.8 Å². The Balaban J connectivity index is 2.39. The van der Waals surface area contributed by atoms with E-state index < -0.39 is 5.91 Å².